The number of rotatable bonds is 2. The van der Waals surface area contributed by atoms with Crippen LogP contribution >= 0.6 is 0 Å². The number of nitrogens with two attached hydrogens (primary N) is 2. The quantitative estimate of drug-likeness (QED) is 0.648. The molecule has 0 fully saturated rings. The van der Waals surface area contributed by atoms with E-state index >= 15 is 0 Å². The average Bonchev–Trinajstić information content (AvgIpc) is 2.49. The zero-order chi connectivity index (χ0) is 9.26. The number of anilines is 1. The molecule has 0 amide bonds. The second kappa shape index (κ2) is 3.36. The van der Waals surface area contributed by atoms with E-state index < -0.39 is 0 Å². The van der Waals surface area contributed by atoms with E-state index in [2.05, 4.69) is 11.0 Å². The van der Waals surface area contributed by atoms with Crippen molar-refractivity contribution in [3.8, 4) is 0 Å². The predicted molar refractivity (Wildman–Crippen MR) is 54.0 cm³/mol. The Bertz CT molecular complexity index is 309. The molecule has 0 saturated heterocycles. The van der Waals surface area contributed by atoms with Crippen LogP contribution in [-0.4, -0.2) is 18.0 Å². The van der Waals surface area contributed by atoms with Crippen molar-refractivity contribution >= 4 is 5.69 Å². The Hall–Kier alpha value is -1.06. The molecule has 0 radical (unpaired) electrons. The molecule has 0 saturated carbocycles. The summed E-state index contributed by atoms with van der Waals surface area (Å²) >= 11 is 0. The predicted octanol–water partition coefficient (Wildman–Crippen LogP) is 0.543. The van der Waals surface area contributed by atoms with E-state index in [0.29, 0.717) is 6.54 Å². The molecule has 0 bridgehead atoms. The normalized spacial score (nSPS) is 16.1. The van der Waals surface area contributed by atoms with Gasteiger partial charge in [0, 0.05) is 31.9 Å². The van der Waals surface area contributed by atoms with E-state index in [4.69, 9.17) is 11.5 Å². The lowest BCUT2D eigenvalue weighted by Crippen LogP contribution is -2.24. The van der Waals surface area contributed by atoms with E-state index in [9.17, 15) is 0 Å². The van der Waals surface area contributed by atoms with Gasteiger partial charge in [0.25, 0.3) is 0 Å². The zero-order valence-corrected chi connectivity index (χ0v) is 7.66. The van der Waals surface area contributed by atoms with E-state index in [0.717, 1.165) is 25.3 Å². The molecule has 3 nitrogen and oxygen atoms in total. The highest BCUT2D eigenvalue weighted by molar-refractivity contribution is 5.52. The SMILES string of the molecule is NCCN1Cc2cccc(N)c2C1. The molecular formula is C10H15N3. The van der Waals surface area contributed by atoms with Gasteiger partial charge in [-0.2, -0.15) is 0 Å². The fourth-order valence-corrected chi connectivity index (χ4v) is 1.86. The van der Waals surface area contributed by atoms with Crippen molar-refractivity contribution in [3.05, 3.63) is 29.3 Å². The third-order valence-corrected chi connectivity index (χ3v) is 2.53. The Morgan fingerprint density at radius 1 is 1.31 bits per heavy atom. The number of nitrogen functional groups attached to an aromatic ring is 1. The third-order valence-electron chi connectivity index (χ3n) is 2.53. The molecule has 4 N–H and O–H groups in total. The molecule has 1 heterocycles. The average molecular weight is 177 g/mol. The number of nitrogens with zero attached hydrogens (tertiary/aromatic N) is 1. The van der Waals surface area contributed by atoms with Crippen LogP contribution in [0.25, 0.3) is 0 Å². The molecule has 0 spiro atoms. The molecule has 13 heavy (non-hydrogen) atoms. The Morgan fingerprint density at radius 3 is 2.85 bits per heavy atom. The van der Waals surface area contributed by atoms with Crippen LogP contribution in [0.5, 0.6) is 0 Å². The van der Waals surface area contributed by atoms with Gasteiger partial charge in [-0.1, -0.05) is 12.1 Å². The number of hydrogen-bond acceptors (Lipinski definition) is 3. The molecule has 1 aromatic carbocycles. The van der Waals surface area contributed by atoms with Crippen LogP contribution < -0.4 is 11.5 Å². The minimum Gasteiger partial charge on any atom is -0.398 e. The Labute approximate surface area is 78.3 Å². The summed E-state index contributed by atoms with van der Waals surface area (Å²) in [5.41, 5.74) is 14.9. The van der Waals surface area contributed by atoms with Crippen LogP contribution in [-0.2, 0) is 13.1 Å². The van der Waals surface area contributed by atoms with Crippen LogP contribution in [0.4, 0.5) is 5.69 Å². The summed E-state index contributed by atoms with van der Waals surface area (Å²) in [7, 11) is 0. The van der Waals surface area contributed by atoms with Crippen LogP contribution in [0, 0.1) is 0 Å². The highest BCUT2D eigenvalue weighted by Crippen LogP contribution is 2.26. The molecule has 1 aliphatic rings. The lowest BCUT2D eigenvalue weighted by atomic mass is 10.1. The van der Waals surface area contributed by atoms with Crippen molar-refractivity contribution in [3.63, 3.8) is 0 Å². The molecule has 1 aliphatic heterocycles. The van der Waals surface area contributed by atoms with Crippen LogP contribution in [0.1, 0.15) is 11.1 Å². The second-order valence-corrected chi connectivity index (χ2v) is 3.48. The molecule has 3 heteroatoms. The Morgan fingerprint density at radius 2 is 2.15 bits per heavy atom. The molecule has 1 aromatic rings. The van der Waals surface area contributed by atoms with Gasteiger partial charge in [0.15, 0.2) is 0 Å². The molecule has 2 rings (SSSR count). The molecule has 70 valence electrons. The van der Waals surface area contributed by atoms with Gasteiger partial charge in [0.2, 0.25) is 0 Å². The number of hydrogen-bond donors (Lipinski definition) is 2. The van der Waals surface area contributed by atoms with Crippen molar-refractivity contribution in [2.45, 2.75) is 13.1 Å². The van der Waals surface area contributed by atoms with Gasteiger partial charge in [0.1, 0.15) is 0 Å². The summed E-state index contributed by atoms with van der Waals surface area (Å²) < 4.78 is 0. The molecular weight excluding hydrogens is 162 g/mol. The molecule has 0 unspecified atom stereocenters. The summed E-state index contributed by atoms with van der Waals surface area (Å²) in [4.78, 5) is 2.32. The monoisotopic (exact) mass is 177 g/mol. The van der Waals surface area contributed by atoms with Crippen LogP contribution in [0.2, 0.25) is 0 Å². The molecule has 0 atom stereocenters. The first-order chi connectivity index (χ1) is 6.31. The highest BCUT2D eigenvalue weighted by Gasteiger charge is 2.19. The first-order valence-electron chi connectivity index (χ1n) is 4.60. The fraction of sp³-hybridized carbons (Fsp3) is 0.400. The van der Waals surface area contributed by atoms with Gasteiger partial charge < -0.3 is 11.5 Å². The highest BCUT2D eigenvalue weighted by atomic mass is 15.1. The third kappa shape index (κ3) is 1.53. The summed E-state index contributed by atoms with van der Waals surface area (Å²) in [6.45, 7) is 3.62. The lowest BCUT2D eigenvalue weighted by molar-refractivity contribution is 0.293. The lowest BCUT2D eigenvalue weighted by Gasteiger charge is -2.12. The van der Waals surface area contributed by atoms with E-state index in [1.54, 1.807) is 0 Å². The van der Waals surface area contributed by atoms with Crippen LogP contribution in [0.3, 0.4) is 0 Å². The van der Waals surface area contributed by atoms with Gasteiger partial charge in [-0.05, 0) is 17.2 Å². The van der Waals surface area contributed by atoms with Crippen molar-refractivity contribution in [2.24, 2.45) is 5.73 Å². The summed E-state index contributed by atoms with van der Waals surface area (Å²) in [5, 5.41) is 0. The summed E-state index contributed by atoms with van der Waals surface area (Å²) in [6.07, 6.45) is 0. The second-order valence-electron chi connectivity index (χ2n) is 3.48. The van der Waals surface area contributed by atoms with Gasteiger partial charge >= 0.3 is 0 Å². The van der Waals surface area contributed by atoms with Crippen LogP contribution in [0.15, 0.2) is 18.2 Å². The number of fused-ring (bicyclic) bond motifs is 1. The van der Waals surface area contributed by atoms with Crippen molar-refractivity contribution < 1.29 is 0 Å². The van der Waals surface area contributed by atoms with Crippen molar-refractivity contribution in [1.29, 1.82) is 0 Å². The minimum atomic E-state index is 0.716. The number of benzene rings is 1. The standard InChI is InChI=1S/C10H15N3/c11-4-5-13-6-8-2-1-3-10(12)9(8)7-13/h1-3H,4-7,11-12H2. The van der Waals surface area contributed by atoms with Crippen molar-refractivity contribution in [2.75, 3.05) is 18.8 Å². The maximum absolute atomic E-state index is 5.87. The van der Waals surface area contributed by atoms with Gasteiger partial charge in [-0.3, -0.25) is 4.90 Å². The smallest absolute Gasteiger partial charge is 0.0363 e. The minimum absolute atomic E-state index is 0.716. The first-order valence-corrected chi connectivity index (χ1v) is 4.60. The first kappa shape index (κ1) is 8.53. The summed E-state index contributed by atoms with van der Waals surface area (Å²) in [6, 6.07) is 6.12. The topological polar surface area (TPSA) is 55.3 Å². The van der Waals surface area contributed by atoms with E-state index in [1.165, 1.54) is 11.1 Å². The maximum atomic E-state index is 5.87. The van der Waals surface area contributed by atoms with Gasteiger partial charge in [-0.25, -0.2) is 0 Å². The van der Waals surface area contributed by atoms with Gasteiger partial charge in [-0.15, -0.1) is 0 Å². The molecule has 0 aliphatic carbocycles. The molecule has 0 aromatic heterocycles. The Kier molecular flexibility index (Phi) is 2.20. The van der Waals surface area contributed by atoms with E-state index in [-0.39, 0.29) is 0 Å². The fourth-order valence-electron chi connectivity index (χ4n) is 1.86. The largest absolute Gasteiger partial charge is 0.398 e. The van der Waals surface area contributed by atoms with Crippen molar-refractivity contribution in [1.82, 2.24) is 4.90 Å². The Balaban J connectivity index is 2.20. The maximum Gasteiger partial charge on any atom is 0.0363 e. The van der Waals surface area contributed by atoms with E-state index in [1.807, 2.05) is 12.1 Å². The van der Waals surface area contributed by atoms with Gasteiger partial charge in [0.05, 0.1) is 0 Å². The summed E-state index contributed by atoms with van der Waals surface area (Å²) in [5.74, 6) is 0. The zero-order valence-electron chi connectivity index (χ0n) is 7.66.